The molecule has 0 radical (unpaired) electrons. The van der Waals surface area contributed by atoms with Gasteiger partial charge >= 0.3 is 289 Å². The quantitative estimate of drug-likeness (QED) is 0.148. The SMILES string of the molecule is [CH3][Zr]([CH3])([C]1=CC(Cc2ccccc2)=C(Cc2ccccc2)C1)(=[C](c1ccccc1)c1ccccc1)[c]1cccc2c1Cc1ccccc1-2. The summed E-state index contributed by atoms with van der Waals surface area (Å²) in [4.78, 5) is 0. The first-order valence-corrected chi connectivity index (χ1v) is 26.0. The van der Waals surface area contributed by atoms with Crippen molar-refractivity contribution in [3.8, 4) is 11.1 Å². The summed E-state index contributed by atoms with van der Waals surface area (Å²) in [5, 5.41) is 0. The van der Waals surface area contributed by atoms with Gasteiger partial charge in [0.1, 0.15) is 0 Å². The van der Waals surface area contributed by atoms with Crippen LogP contribution in [-0.2, 0) is 37.6 Å². The molecule has 2 aliphatic rings. The van der Waals surface area contributed by atoms with Crippen LogP contribution < -0.4 is 3.27 Å². The Morgan fingerprint density at radius 1 is 0.500 bits per heavy atom. The van der Waals surface area contributed by atoms with Crippen molar-refractivity contribution in [2.24, 2.45) is 0 Å². The molecular weight excluding hydrogens is 656 g/mol. The van der Waals surface area contributed by atoms with Gasteiger partial charge in [-0.25, -0.2) is 0 Å². The molecule has 0 amide bonds. The van der Waals surface area contributed by atoms with Crippen molar-refractivity contribution in [2.45, 2.75) is 34.9 Å². The zero-order valence-corrected chi connectivity index (χ0v) is 30.5. The molecule has 0 unspecified atom stereocenters. The van der Waals surface area contributed by atoms with Crippen molar-refractivity contribution in [3.05, 3.63) is 218 Å². The van der Waals surface area contributed by atoms with Gasteiger partial charge in [-0.2, -0.15) is 0 Å². The molecule has 0 aromatic heterocycles. The fourth-order valence-electron chi connectivity index (χ4n) is 8.77. The Bertz CT molecular complexity index is 2210. The Balaban J connectivity index is 1.43. The van der Waals surface area contributed by atoms with E-state index in [1.54, 1.807) is 20.9 Å². The van der Waals surface area contributed by atoms with Gasteiger partial charge in [-0.05, 0) is 0 Å². The maximum absolute atomic E-state index is 4.45. The Hall–Kier alpha value is -4.45. The first-order chi connectivity index (χ1) is 23.5. The third-order valence-corrected chi connectivity index (χ3v) is 27.0. The van der Waals surface area contributed by atoms with Gasteiger partial charge in [0.15, 0.2) is 0 Å². The number of allylic oxidation sites excluding steroid dienone is 4. The molecule has 0 heterocycles. The summed E-state index contributed by atoms with van der Waals surface area (Å²) in [5.41, 5.74) is 14.4. The zero-order chi connectivity index (χ0) is 32.6. The molecule has 0 spiro atoms. The molecule has 8 rings (SSSR count). The second kappa shape index (κ2) is 12.5. The zero-order valence-electron chi connectivity index (χ0n) is 28.0. The van der Waals surface area contributed by atoms with Crippen LogP contribution in [0.25, 0.3) is 11.1 Å². The van der Waals surface area contributed by atoms with Gasteiger partial charge < -0.3 is 0 Å². The molecule has 0 saturated carbocycles. The average molecular weight is 698 g/mol. The summed E-state index contributed by atoms with van der Waals surface area (Å²) in [6, 6.07) is 61.1. The van der Waals surface area contributed by atoms with E-state index in [-0.39, 0.29) is 0 Å². The van der Waals surface area contributed by atoms with Gasteiger partial charge in [0.25, 0.3) is 0 Å². The van der Waals surface area contributed by atoms with Crippen molar-refractivity contribution in [3.63, 3.8) is 0 Å². The van der Waals surface area contributed by atoms with E-state index in [4.69, 9.17) is 0 Å². The molecule has 234 valence electrons. The van der Waals surface area contributed by atoms with Gasteiger partial charge in [-0.1, -0.05) is 0 Å². The molecule has 48 heavy (non-hydrogen) atoms. The van der Waals surface area contributed by atoms with Crippen LogP contribution in [0.5, 0.6) is 0 Å². The summed E-state index contributed by atoms with van der Waals surface area (Å²) in [5.74, 6) is 0. The molecule has 0 aliphatic heterocycles. The topological polar surface area (TPSA) is 0 Å². The summed E-state index contributed by atoms with van der Waals surface area (Å²) >= 11 is -4.45. The van der Waals surface area contributed by atoms with Gasteiger partial charge in [0.2, 0.25) is 0 Å². The molecule has 0 N–H and O–H groups in total. The van der Waals surface area contributed by atoms with Crippen LogP contribution >= 0.6 is 0 Å². The summed E-state index contributed by atoms with van der Waals surface area (Å²) < 4.78 is 10.3. The first-order valence-electron chi connectivity index (χ1n) is 17.4. The molecule has 6 aromatic rings. The van der Waals surface area contributed by atoms with E-state index in [1.807, 2.05) is 0 Å². The average Bonchev–Trinajstić information content (AvgIpc) is 3.72. The Kier molecular flexibility index (Phi) is 8.06. The van der Waals surface area contributed by atoms with E-state index in [0.717, 1.165) is 25.7 Å². The van der Waals surface area contributed by atoms with E-state index in [1.165, 1.54) is 44.5 Å². The first kappa shape index (κ1) is 30.9. The van der Waals surface area contributed by atoms with Crippen molar-refractivity contribution < 1.29 is 18.3 Å². The molecule has 2 aliphatic carbocycles. The second-order valence-electron chi connectivity index (χ2n) is 14.4. The molecule has 0 atom stereocenters. The van der Waals surface area contributed by atoms with Crippen molar-refractivity contribution in [2.75, 3.05) is 0 Å². The third-order valence-electron chi connectivity index (χ3n) is 11.2. The molecule has 0 nitrogen and oxygen atoms in total. The number of rotatable bonds is 8. The fraction of sp³-hybridized carbons (Fsp3) is 0.128. The third kappa shape index (κ3) is 5.39. The maximum atomic E-state index is 2.74. The van der Waals surface area contributed by atoms with Crippen LogP contribution in [-0.4, -0.2) is 3.21 Å². The van der Waals surface area contributed by atoms with Crippen LogP contribution in [0.4, 0.5) is 0 Å². The number of benzene rings is 6. The van der Waals surface area contributed by atoms with Gasteiger partial charge in [-0.15, -0.1) is 0 Å². The monoisotopic (exact) mass is 696 g/mol. The normalized spacial score (nSPS) is 14.0. The minimum absolute atomic E-state index is 0.960. The predicted octanol–water partition coefficient (Wildman–Crippen LogP) is 11.0. The van der Waals surface area contributed by atoms with Crippen molar-refractivity contribution in [1.29, 1.82) is 0 Å². The second-order valence-corrected chi connectivity index (χ2v) is 30.3. The van der Waals surface area contributed by atoms with Crippen LogP contribution in [0.3, 0.4) is 0 Å². The van der Waals surface area contributed by atoms with E-state index in [2.05, 4.69) is 179 Å². The summed E-state index contributed by atoms with van der Waals surface area (Å²) in [6.45, 7) is 0. The molecule has 0 bridgehead atoms. The van der Waals surface area contributed by atoms with Gasteiger partial charge in [0.05, 0.1) is 0 Å². The molecule has 0 saturated heterocycles. The van der Waals surface area contributed by atoms with E-state index >= 15 is 0 Å². The van der Waals surface area contributed by atoms with E-state index < -0.39 is 18.3 Å². The molecule has 0 fully saturated rings. The van der Waals surface area contributed by atoms with E-state index in [0.29, 0.717) is 0 Å². The number of hydrogen-bond donors (Lipinski definition) is 0. The van der Waals surface area contributed by atoms with Crippen LogP contribution in [0.1, 0.15) is 39.8 Å². The van der Waals surface area contributed by atoms with Crippen LogP contribution in [0, 0.1) is 0 Å². The van der Waals surface area contributed by atoms with Crippen LogP contribution in [0.15, 0.2) is 184 Å². The summed E-state index contributed by atoms with van der Waals surface area (Å²) in [7, 11) is 0. The minimum atomic E-state index is -4.45. The molecule has 6 aromatic carbocycles. The van der Waals surface area contributed by atoms with Crippen molar-refractivity contribution >= 4 is 6.48 Å². The summed E-state index contributed by atoms with van der Waals surface area (Å²) in [6.07, 6.45) is 6.65. The Morgan fingerprint density at radius 2 is 1.02 bits per heavy atom. The number of hydrogen-bond acceptors (Lipinski definition) is 0. The fourth-order valence-corrected chi connectivity index (χ4v) is 23.7. The molecule has 1 heteroatoms. The van der Waals surface area contributed by atoms with Gasteiger partial charge in [-0.3, -0.25) is 0 Å². The van der Waals surface area contributed by atoms with Gasteiger partial charge in [0, 0.05) is 0 Å². The van der Waals surface area contributed by atoms with Crippen molar-refractivity contribution in [1.82, 2.24) is 0 Å². The number of fused-ring (bicyclic) bond motifs is 3. The Labute approximate surface area is 286 Å². The predicted molar refractivity (Wildman–Crippen MR) is 202 cm³/mol. The molecular formula is C47H42Zr. The van der Waals surface area contributed by atoms with E-state index in [9.17, 15) is 0 Å². The standard InChI is InChI=1S/C19H17.C13H9.C13H10.2CH3.Zr/c1-3-8-16(9-4-1)14-18-12-7-13-19(18)15-17-10-5-2-6-11-17;1-3-7-12-10(5-1)9-11-6-2-4-8-13(11)12;1-3-7-12(8-4-1)11-13-9-5-2-6-10-13;;;/h1-6,8-12H,13-15H2;1-5,7-8H,9H2;1-10H;2*1H3;. The Morgan fingerprint density at radius 3 is 1.65 bits per heavy atom. The van der Waals surface area contributed by atoms with Crippen LogP contribution in [0.2, 0.25) is 9.26 Å².